The van der Waals surface area contributed by atoms with Gasteiger partial charge in [-0.25, -0.2) is 17.5 Å². The van der Waals surface area contributed by atoms with Crippen molar-refractivity contribution in [2.75, 3.05) is 31.6 Å². The molecule has 31 heavy (non-hydrogen) atoms. The fourth-order valence-corrected chi connectivity index (χ4v) is 4.81. The van der Waals surface area contributed by atoms with E-state index in [4.69, 9.17) is 4.74 Å². The van der Waals surface area contributed by atoms with Crippen molar-refractivity contribution < 1.29 is 22.3 Å². The number of morpholine rings is 1. The number of hydrogen-bond acceptors (Lipinski definition) is 5. The van der Waals surface area contributed by atoms with Crippen LogP contribution in [0.15, 0.2) is 59.5 Å². The van der Waals surface area contributed by atoms with Crippen LogP contribution in [-0.4, -0.2) is 54.7 Å². The third kappa shape index (κ3) is 4.36. The molecule has 0 bridgehead atoms. The van der Waals surface area contributed by atoms with Crippen LogP contribution in [-0.2, 0) is 14.8 Å². The molecule has 8 nitrogen and oxygen atoms in total. The summed E-state index contributed by atoms with van der Waals surface area (Å²) in [5.41, 5.74) is 1.87. The van der Waals surface area contributed by atoms with E-state index >= 15 is 0 Å². The first-order chi connectivity index (χ1) is 14.9. The first kappa shape index (κ1) is 21.2. The van der Waals surface area contributed by atoms with Crippen molar-refractivity contribution in [1.29, 1.82) is 0 Å². The number of anilines is 1. The van der Waals surface area contributed by atoms with E-state index in [0.29, 0.717) is 0 Å². The number of hydrogen-bond donors (Lipinski definition) is 1. The van der Waals surface area contributed by atoms with E-state index in [9.17, 15) is 17.6 Å². The highest BCUT2D eigenvalue weighted by molar-refractivity contribution is 7.89. The number of carbonyl (C=O) groups excluding carboxylic acids is 1. The Balaban J connectivity index is 1.58. The number of ether oxygens (including phenoxy) is 1. The van der Waals surface area contributed by atoms with E-state index in [-0.39, 0.29) is 37.7 Å². The molecule has 1 fully saturated rings. The molecule has 10 heteroatoms. The fraction of sp³-hybridized carbons (Fsp3) is 0.238. The number of sulfonamides is 1. The quantitative estimate of drug-likeness (QED) is 0.653. The van der Waals surface area contributed by atoms with Gasteiger partial charge in [0, 0.05) is 24.5 Å². The molecule has 1 aromatic heterocycles. The van der Waals surface area contributed by atoms with Gasteiger partial charge in [-0.15, -0.1) is 0 Å². The molecule has 2 heterocycles. The van der Waals surface area contributed by atoms with E-state index in [0.717, 1.165) is 23.5 Å². The van der Waals surface area contributed by atoms with Gasteiger partial charge in [-0.1, -0.05) is 18.2 Å². The minimum atomic E-state index is -4.05. The van der Waals surface area contributed by atoms with Gasteiger partial charge in [0.25, 0.3) is 5.91 Å². The van der Waals surface area contributed by atoms with Gasteiger partial charge >= 0.3 is 0 Å². The highest BCUT2D eigenvalue weighted by Gasteiger charge is 2.29. The van der Waals surface area contributed by atoms with Crippen LogP contribution in [0.4, 0.5) is 10.1 Å². The van der Waals surface area contributed by atoms with Crippen molar-refractivity contribution in [3.63, 3.8) is 0 Å². The van der Waals surface area contributed by atoms with Gasteiger partial charge in [0.2, 0.25) is 10.0 Å². The number of aryl methyl sites for hydroxylation is 1. The van der Waals surface area contributed by atoms with Gasteiger partial charge in [-0.3, -0.25) is 4.79 Å². The average Bonchev–Trinajstić information content (AvgIpc) is 3.18. The predicted molar refractivity (Wildman–Crippen MR) is 112 cm³/mol. The first-order valence-electron chi connectivity index (χ1n) is 9.67. The molecule has 0 radical (unpaired) electrons. The molecular formula is C21H21FN4O4S. The summed E-state index contributed by atoms with van der Waals surface area (Å²) in [5, 5.41) is 6.93. The van der Waals surface area contributed by atoms with E-state index in [1.807, 2.05) is 37.3 Å². The zero-order valence-corrected chi connectivity index (χ0v) is 17.6. The van der Waals surface area contributed by atoms with E-state index in [1.54, 1.807) is 10.7 Å². The van der Waals surface area contributed by atoms with Crippen LogP contribution >= 0.6 is 0 Å². The maximum absolute atomic E-state index is 14.4. The standard InChI is InChI=1S/C21H21FN4O4S/c1-15-13-19(24-26(15)17-5-3-2-4-6-17)21(27)23-16-7-8-18(22)20(14-16)31(28,29)25-9-11-30-12-10-25/h2-8,13-14H,9-12H2,1H3,(H,23,27). The van der Waals surface area contributed by atoms with Gasteiger partial charge in [-0.2, -0.15) is 9.40 Å². The smallest absolute Gasteiger partial charge is 0.276 e. The van der Waals surface area contributed by atoms with Crippen molar-refractivity contribution >= 4 is 21.6 Å². The number of rotatable bonds is 5. The molecule has 0 unspecified atom stereocenters. The Morgan fingerprint density at radius 1 is 1.10 bits per heavy atom. The highest BCUT2D eigenvalue weighted by Crippen LogP contribution is 2.24. The third-order valence-electron chi connectivity index (χ3n) is 4.90. The van der Waals surface area contributed by atoms with Gasteiger partial charge in [0.15, 0.2) is 5.69 Å². The number of nitrogens with zero attached hydrogens (tertiary/aromatic N) is 3. The topological polar surface area (TPSA) is 93.5 Å². The van der Waals surface area contributed by atoms with Crippen LogP contribution in [0.2, 0.25) is 0 Å². The molecule has 1 aliphatic rings. The van der Waals surface area contributed by atoms with Crippen molar-refractivity contribution in [3.05, 3.63) is 71.8 Å². The lowest BCUT2D eigenvalue weighted by atomic mass is 10.3. The Labute approximate surface area is 179 Å². The van der Waals surface area contributed by atoms with E-state index in [1.165, 1.54) is 10.4 Å². The number of benzene rings is 2. The Morgan fingerprint density at radius 3 is 2.52 bits per heavy atom. The molecule has 2 aromatic carbocycles. The minimum Gasteiger partial charge on any atom is -0.379 e. The summed E-state index contributed by atoms with van der Waals surface area (Å²) in [6.45, 7) is 2.62. The Bertz CT molecular complexity index is 1210. The SMILES string of the molecule is Cc1cc(C(=O)Nc2ccc(F)c(S(=O)(=O)N3CCOCC3)c2)nn1-c1ccccc1. The number of carbonyl (C=O) groups is 1. The maximum atomic E-state index is 14.4. The molecule has 1 saturated heterocycles. The molecule has 1 N–H and O–H groups in total. The number of para-hydroxylation sites is 1. The van der Waals surface area contributed by atoms with Gasteiger partial charge in [0.1, 0.15) is 10.7 Å². The predicted octanol–water partition coefficient (Wildman–Crippen LogP) is 2.59. The second-order valence-electron chi connectivity index (χ2n) is 7.03. The summed E-state index contributed by atoms with van der Waals surface area (Å²) in [4.78, 5) is 12.2. The van der Waals surface area contributed by atoms with E-state index < -0.39 is 26.6 Å². The summed E-state index contributed by atoms with van der Waals surface area (Å²) < 4.78 is 48.0. The minimum absolute atomic E-state index is 0.147. The normalized spacial score (nSPS) is 15.0. The second-order valence-corrected chi connectivity index (χ2v) is 8.94. The lowest BCUT2D eigenvalue weighted by Gasteiger charge is -2.26. The third-order valence-corrected chi connectivity index (χ3v) is 6.81. The molecule has 0 aliphatic carbocycles. The number of aromatic nitrogens is 2. The lowest BCUT2D eigenvalue weighted by Crippen LogP contribution is -2.40. The molecule has 4 rings (SSSR count). The molecule has 0 spiro atoms. The number of amides is 1. The second kappa shape index (κ2) is 8.58. The van der Waals surface area contributed by atoms with Crippen molar-refractivity contribution in [3.8, 4) is 5.69 Å². The summed E-state index contributed by atoms with van der Waals surface area (Å²) in [5.74, 6) is -1.41. The summed E-state index contributed by atoms with van der Waals surface area (Å²) >= 11 is 0. The van der Waals surface area contributed by atoms with Crippen LogP contribution in [0.5, 0.6) is 0 Å². The largest absolute Gasteiger partial charge is 0.379 e. The van der Waals surface area contributed by atoms with E-state index in [2.05, 4.69) is 10.4 Å². The average molecular weight is 444 g/mol. The van der Waals surface area contributed by atoms with Crippen molar-refractivity contribution in [1.82, 2.24) is 14.1 Å². The summed E-state index contributed by atoms with van der Waals surface area (Å²) in [7, 11) is -4.05. The Kier molecular flexibility index (Phi) is 5.86. The highest BCUT2D eigenvalue weighted by atomic mass is 32.2. The van der Waals surface area contributed by atoms with Crippen LogP contribution in [0.3, 0.4) is 0 Å². The number of nitrogens with one attached hydrogen (secondary N) is 1. The van der Waals surface area contributed by atoms with Crippen LogP contribution in [0.25, 0.3) is 5.69 Å². The molecule has 162 valence electrons. The first-order valence-corrected chi connectivity index (χ1v) is 11.1. The van der Waals surface area contributed by atoms with Crippen molar-refractivity contribution in [2.45, 2.75) is 11.8 Å². The number of halogens is 1. The molecule has 1 aliphatic heterocycles. The molecule has 0 saturated carbocycles. The lowest BCUT2D eigenvalue weighted by molar-refractivity contribution is 0.0729. The fourth-order valence-electron chi connectivity index (χ4n) is 3.32. The summed E-state index contributed by atoms with van der Waals surface area (Å²) in [6.07, 6.45) is 0. The van der Waals surface area contributed by atoms with Crippen molar-refractivity contribution in [2.24, 2.45) is 0 Å². The van der Waals surface area contributed by atoms with Gasteiger partial charge in [-0.05, 0) is 43.3 Å². The molecular weight excluding hydrogens is 423 g/mol. The Morgan fingerprint density at radius 2 is 1.81 bits per heavy atom. The van der Waals surface area contributed by atoms with Gasteiger partial charge < -0.3 is 10.1 Å². The Hall–Kier alpha value is -3.08. The monoisotopic (exact) mass is 444 g/mol. The maximum Gasteiger partial charge on any atom is 0.276 e. The van der Waals surface area contributed by atoms with Gasteiger partial charge in [0.05, 0.1) is 18.9 Å². The van der Waals surface area contributed by atoms with Crippen LogP contribution in [0.1, 0.15) is 16.2 Å². The molecule has 1 amide bonds. The van der Waals surface area contributed by atoms with Crippen LogP contribution in [0, 0.1) is 12.7 Å². The summed E-state index contributed by atoms with van der Waals surface area (Å²) in [6, 6.07) is 14.4. The molecule has 3 aromatic rings. The van der Waals surface area contributed by atoms with Crippen LogP contribution < -0.4 is 5.32 Å². The zero-order chi connectivity index (χ0) is 22.0. The molecule has 0 atom stereocenters. The zero-order valence-electron chi connectivity index (χ0n) is 16.8.